The smallest absolute Gasteiger partial charge is 0.329 e. The molecule has 260 valence electrons. The van der Waals surface area contributed by atoms with E-state index in [1.165, 1.54) is 24.3 Å². The van der Waals surface area contributed by atoms with E-state index in [4.69, 9.17) is 9.47 Å². The van der Waals surface area contributed by atoms with Crippen LogP contribution in [0.4, 0.5) is 4.79 Å². The lowest BCUT2D eigenvalue weighted by Gasteiger charge is -2.37. The lowest BCUT2D eigenvalue weighted by atomic mass is 9.89. The molecule has 0 unspecified atom stereocenters. The maximum atomic E-state index is 14.7. The summed E-state index contributed by atoms with van der Waals surface area (Å²) in [5.41, 5.74) is 4.62. The van der Waals surface area contributed by atoms with E-state index < -0.39 is 18.4 Å². The first-order chi connectivity index (χ1) is 23.3. The summed E-state index contributed by atoms with van der Waals surface area (Å²) in [7, 11) is 1.64. The van der Waals surface area contributed by atoms with Gasteiger partial charge in [-0.1, -0.05) is 92.1 Å². The second-order valence-electron chi connectivity index (χ2n) is 12.6. The number of rotatable bonds is 17. The van der Waals surface area contributed by atoms with Crippen molar-refractivity contribution in [2.24, 2.45) is 5.92 Å². The zero-order valence-corrected chi connectivity index (χ0v) is 29.0. The molecule has 0 radical (unpaired) electrons. The Labute approximate surface area is 285 Å². The van der Waals surface area contributed by atoms with Gasteiger partial charge in [-0.3, -0.25) is 15.0 Å². The number of ether oxygens (including phenoxy) is 2. The van der Waals surface area contributed by atoms with E-state index in [1.54, 1.807) is 11.9 Å². The van der Waals surface area contributed by atoms with Crippen LogP contribution in [0.1, 0.15) is 64.0 Å². The van der Waals surface area contributed by atoms with Crippen molar-refractivity contribution < 1.29 is 23.9 Å². The molecule has 10 nitrogen and oxygen atoms in total. The number of hydrazine groups is 1. The summed E-state index contributed by atoms with van der Waals surface area (Å²) in [6.07, 6.45) is 5.54. The first-order valence-electron chi connectivity index (χ1n) is 17.4. The van der Waals surface area contributed by atoms with Crippen molar-refractivity contribution in [2.75, 3.05) is 33.4 Å². The number of nitrogens with zero attached hydrogens (tertiary/aromatic N) is 2. The Morgan fingerprint density at radius 2 is 1.54 bits per heavy atom. The van der Waals surface area contributed by atoms with Crippen molar-refractivity contribution in [3.8, 4) is 0 Å². The molecule has 0 heterocycles. The first kappa shape index (κ1) is 36.8. The molecule has 1 aliphatic carbocycles. The highest BCUT2D eigenvalue weighted by Gasteiger charge is 2.34. The standard InChI is InChI=1S/C38H53N5O5/c1-5-47-37(48-6-2)28(3)43(26-32-22-15-21-31-20-13-14-23-33(31)32)36(45)34(24-29-16-9-7-10-17-29)40-35(44)27-42(4)41-38(46)39-25-30-18-11-8-12-19-30/h7,9-10,13-17,20-23,28,30,34,37H,5-6,8,11-12,18-19,24-27H2,1-4H3,(H,40,44)(H2,39,41,46)/t28-,34-/m0/s1. The van der Waals surface area contributed by atoms with Crippen LogP contribution in [0, 0.1) is 5.92 Å². The Morgan fingerprint density at radius 3 is 2.25 bits per heavy atom. The van der Waals surface area contributed by atoms with Crippen LogP contribution >= 0.6 is 0 Å². The fraction of sp³-hybridized carbons (Fsp3) is 0.500. The quantitative estimate of drug-likeness (QED) is 0.132. The molecule has 10 heteroatoms. The van der Waals surface area contributed by atoms with Gasteiger partial charge in [-0.2, -0.15) is 0 Å². The fourth-order valence-corrected chi connectivity index (χ4v) is 6.42. The van der Waals surface area contributed by atoms with Crippen LogP contribution in [0.3, 0.4) is 0 Å². The van der Waals surface area contributed by atoms with Gasteiger partial charge < -0.3 is 25.0 Å². The van der Waals surface area contributed by atoms with E-state index in [9.17, 15) is 14.4 Å². The van der Waals surface area contributed by atoms with Gasteiger partial charge in [0.1, 0.15) is 6.04 Å². The molecule has 0 aliphatic heterocycles. The topological polar surface area (TPSA) is 112 Å². The lowest BCUT2D eigenvalue weighted by molar-refractivity contribution is -0.179. The summed E-state index contributed by atoms with van der Waals surface area (Å²) in [6.45, 7) is 7.34. The predicted octanol–water partition coefficient (Wildman–Crippen LogP) is 5.41. The van der Waals surface area contributed by atoms with Gasteiger partial charge in [0, 0.05) is 39.8 Å². The van der Waals surface area contributed by atoms with Crippen LogP contribution in [0.15, 0.2) is 72.8 Å². The number of carbonyl (C=O) groups excluding carboxylic acids is 3. The van der Waals surface area contributed by atoms with E-state index >= 15 is 0 Å². The number of likely N-dealkylation sites (N-methyl/N-ethyl adjacent to an activating group) is 1. The minimum absolute atomic E-state index is 0.130. The predicted molar refractivity (Wildman–Crippen MR) is 189 cm³/mol. The Hall–Kier alpha value is -3.99. The van der Waals surface area contributed by atoms with Crippen LogP contribution in [0.25, 0.3) is 10.8 Å². The first-order valence-corrected chi connectivity index (χ1v) is 17.4. The Morgan fingerprint density at radius 1 is 0.875 bits per heavy atom. The highest BCUT2D eigenvalue weighted by molar-refractivity contribution is 5.90. The highest BCUT2D eigenvalue weighted by Crippen LogP contribution is 2.24. The number of urea groups is 1. The monoisotopic (exact) mass is 659 g/mol. The third kappa shape index (κ3) is 11.0. The van der Waals surface area contributed by atoms with Crippen molar-refractivity contribution in [3.63, 3.8) is 0 Å². The molecule has 3 N–H and O–H groups in total. The number of carbonyl (C=O) groups is 3. The molecule has 2 atom stereocenters. The largest absolute Gasteiger partial charge is 0.351 e. The van der Waals surface area contributed by atoms with Crippen LogP contribution in [-0.4, -0.2) is 79.5 Å². The lowest BCUT2D eigenvalue weighted by Crippen LogP contribution is -2.57. The maximum Gasteiger partial charge on any atom is 0.329 e. The molecule has 0 spiro atoms. The van der Waals surface area contributed by atoms with Crippen LogP contribution < -0.4 is 16.1 Å². The van der Waals surface area contributed by atoms with Crippen molar-refractivity contribution in [2.45, 2.75) is 84.2 Å². The van der Waals surface area contributed by atoms with Gasteiger partial charge in [-0.05, 0) is 61.4 Å². The molecule has 0 bridgehead atoms. The van der Waals surface area contributed by atoms with Crippen molar-refractivity contribution in [1.82, 2.24) is 26.0 Å². The normalized spacial score (nSPS) is 14.9. The Kier molecular flexibility index (Phi) is 14.7. The Balaban J connectivity index is 1.53. The molecule has 1 saturated carbocycles. The summed E-state index contributed by atoms with van der Waals surface area (Å²) in [6, 6.07) is 22.1. The van der Waals surface area contributed by atoms with Gasteiger partial charge in [0.15, 0.2) is 6.29 Å². The highest BCUT2D eigenvalue weighted by atomic mass is 16.7. The fourth-order valence-electron chi connectivity index (χ4n) is 6.42. The van der Waals surface area contributed by atoms with Gasteiger partial charge in [0.05, 0.1) is 12.6 Å². The number of hydrogen-bond donors (Lipinski definition) is 3. The van der Waals surface area contributed by atoms with E-state index in [-0.39, 0.29) is 30.8 Å². The number of fused-ring (bicyclic) bond motifs is 1. The molecule has 0 aromatic heterocycles. The van der Waals surface area contributed by atoms with Gasteiger partial charge in [0.25, 0.3) is 0 Å². The van der Waals surface area contributed by atoms with Crippen LogP contribution in [0.2, 0.25) is 0 Å². The summed E-state index contributed by atoms with van der Waals surface area (Å²) in [4.78, 5) is 42.5. The minimum Gasteiger partial charge on any atom is -0.351 e. The van der Waals surface area contributed by atoms with Crippen molar-refractivity contribution in [1.29, 1.82) is 0 Å². The molecular formula is C38H53N5O5. The Bertz CT molecular complexity index is 1440. The number of benzene rings is 3. The maximum absolute atomic E-state index is 14.7. The summed E-state index contributed by atoms with van der Waals surface area (Å²) < 4.78 is 11.9. The molecular weight excluding hydrogens is 606 g/mol. The van der Waals surface area contributed by atoms with Crippen molar-refractivity contribution >= 4 is 28.6 Å². The average molecular weight is 660 g/mol. The number of hydrogen-bond acceptors (Lipinski definition) is 6. The summed E-state index contributed by atoms with van der Waals surface area (Å²) >= 11 is 0. The average Bonchev–Trinajstić information content (AvgIpc) is 3.09. The van der Waals surface area contributed by atoms with Gasteiger partial charge in [-0.15, -0.1) is 0 Å². The third-order valence-corrected chi connectivity index (χ3v) is 8.92. The zero-order valence-electron chi connectivity index (χ0n) is 29.0. The van der Waals surface area contributed by atoms with Gasteiger partial charge in [0.2, 0.25) is 11.8 Å². The van der Waals surface area contributed by atoms with Crippen molar-refractivity contribution in [3.05, 3.63) is 83.9 Å². The summed E-state index contributed by atoms with van der Waals surface area (Å²) in [5.74, 6) is -0.145. The molecule has 4 rings (SSSR count). The van der Waals surface area contributed by atoms with E-state index in [1.807, 2.05) is 75.4 Å². The molecule has 1 aliphatic rings. The molecule has 4 amide bonds. The van der Waals surface area contributed by atoms with Crippen LogP contribution in [-0.2, 0) is 32.0 Å². The zero-order chi connectivity index (χ0) is 34.3. The molecule has 3 aromatic carbocycles. The van der Waals surface area contributed by atoms with Crippen LogP contribution in [0.5, 0.6) is 0 Å². The van der Waals surface area contributed by atoms with Gasteiger partial charge in [-0.25, -0.2) is 9.80 Å². The van der Waals surface area contributed by atoms with E-state index in [2.05, 4.69) is 34.3 Å². The van der Waals surface area contributed by atoms with E-state index in [0.717, 1.165) is 34.7 Å². The second kappa shape index (κ2) is 19.1. The van der Waals surface area contributed by atoms with E-state index in [0.29, 0.717) is 32.2 Å². The number of amides is 4. The molecule has 3 aromatic rings. The minimum atomic E-state index is -0.880. The molecule has 1 fully saturated rings. The molecule has 48 heavy (non-hydrogen) atoms. The second-order valence-corrected chi connectivity index (χ2v) is 12.6. The summed E-state index contributed by atoms with van der Waals surface area (Å²) in [5, 5.41) is 9.49. The van der Waals surface area contributed by atoms with Gasteiger partial charge >= 0.3 is 6.03 Å². The SMILES string of the molecule is CCOC(OCC)[C@H](C)N(Cc1cccc2ccccc12)C(=O)[C@H](Cc1ccccc1)NC(=O)CN(C)NC(=O)NCC1CCCCC1. The molecule has 0 saturated heterocycles. The number of nitrogens with one attached hydrogen (secondary N) is 3. The third-order valence-electron chi connectivity index (χ3n) is 8.92.